The Morgan fingerprint density at radius 2 is 1.91 bits per heavy atom. The number of hydrogen-bond acceptors (Lipinski definition) is 6. The van der Waals surface area contributed by atoms with Crippen molar-refractivity contribution in [3.05, 3.63) is 60.1 Å². The highest BCUT2D eigenvalue weighted by Gasteiger charge is 2.30. The molecule has 0 unspecified atom stereocenters. The van der Waals surface area contributed by atoms with Gasteiger partial charge < -0.3 is 23.5 Å². The molecule has 0 radical (unpaired) electrons. The van der Waals surface area contributed by atoms with Crippen LogP contribution in [0.15, 0.2) is 57.7 Å². The van der Waals surface area contributed by atoms with Gasteiger partial charge in [0.2, 0.25) is 5.88 Å². The van der Waals surface area contributed by atoms with Gasteiger partial charge >= 0.3 is 0 Å². The summed E-state index contributed by atoms with van der Waals surface area (Å²) in [7, 11) is 0. The van der Waals surface area contributed by atoms with E-state index < -0.39 is 0 Å². The number of carbonyl (C=O) groups excluding carboxylic acids is 1. The molecular weight excluding hydrogens is 406 g/mol. The first-order chi connectivity index (χ1) is 15.8. The number of benzene rings is 1. The molecule has 0 spiro atoms. The van der Waals surface area contributed by atoms with E-state index in [0.29, 0.717) is 18.8 Å². The third kappa shape index (κ3) is 4.43. The van der Waals surface area contributed by atoms with Gasteiger partial charge in [0.05, 0.1) is 24.5 Å². The standard InChI is InChI=1S/C25H29N3O4/c29-24(22-12-8-16-31-22)28(17-20-11-7-15-30-20)18-21-23(19-9-3-1-4-10-19)26-32-25(21)27-13-5-2-6-14-27/h1,3-4,8-10,12,16,20H,2,5-7,11,13-15,17-18H2/t20-/m0/s1. The van der Waals surface area contributed by atoms with Crippen LogP contribution >= 0.6 is 0 Å². The molecule has 1 aromatic carbocycles. The summed E-state index contributed by atoms with van der Waals surface area (Å²) >= 11 is 0. The Kier molecular flexibility index (Phi) is 6.25. The number of amides is 1. The van der Waals surface area contributed by atoms with Crippen LogP contribution in [-0.4, -0.2) is 48.3 Å². The topological polar surface area (TPSA) is 72.0 Å². The van der Waals surface area contributed by atoms with E-state index in [1.165, 1.54) is 12.7 Å². The lowest BCUT2D eigenvalue weighted by Crippen LogP contribution is -2.37. The molecule has 2 aliphatic rings. The van der Waals surface area contributed by atoms with E-state index in [4.69, 9.17) is 13.7 Å². The highest BCUT2D eigenvalue weighted by Crippen LogP contribution is 2.34. The van der Waals surface area contributed by atoms with Crippen LogP contribution in [0.4, 0.5) is 5.88 Å². The Balaban J connectivity index is 1.50. The second kappa shape index (κ2) is 9.61. The Morgan fingerprint density at radius 1 is 1.06 bits per heavy atom. The second-order valence-corrected chi connectivity index (χ2v) is 8.53. The molecule has 5 rings (SSSR count). The van der Waals surface area contributed by atoms with E-state index in [9.17, 15) is 4.79 Å². The normalized spacial score (nSPS) is 18.8. The van der Waals surface area contributed by atoms with Crippen molar-refractivity contribution in [3.8, 4) is 11.3 Å². The van der Waals surface area contributed by atoms with Gasteiger partial charge in [-0.15, -0.1) is 0 Å². The van der Waals surface area contributed by atoms with E-state index in [0.717, 1.165) is 68.1 Å². The van der Waals surface area contributed by atoms with Crippen molar-refractivity contribution in [2.24, 2.45) is 0 Å². The molecule has 168 valence electrons. The molecule has 1 atom stereocenters. The Labute approximate surface area is 187 Å². The predicted octanol–water partition coefficient (Wildman–Crippen LogP) is 4.75. The van der Waals surface area contributed by atoms with Crippen molar-refractivity contribution in [2.45, 2.75) is 44.8 Å². The first kappa shape index (κ1) is 20.8. The van der Waals surface area contributed by atoms with Gasteiger partial charge in [0, 0.05) is 31.8 Å². The Morgan fingerprint density at radius 3 is 2.62 bits per heavy atom. The summed E-state index contributed by atoms with van der Waals surface area (Å²) in [6.45, 7) is 3.52. The number of ether oxygens (including phenoxy) is 1. The van der Waals surface area contributed by atoms with E-state index >= 15 is 0 Å². The van der Waals surface area contributed by atoms with Crippen LogP contribution in [0, 0.1) is 0 Å². The van der Waals surface area contributed by atoms with Crippen LogP contribution in [-0.2, 0) is 11.3 Å². The van der Waals surface area contributed by atoms with Crippen LogP contribution < -0.4 is 4.90 Å². The fraction of sp³-hybridized carbons (Fsp3) is 0.440. The van der Waals surface area contributed by atoms with Crippen molar-refractivity contribution in [1.29, 1.82) is 0 Å². The van der Waals surface area contributed by atoms with Crippen LogP contribution in [0.5, 0.6) is 0 Å². The molecular formula is C25H29N3O4. The minimum atomic E-state index is -0.143. The fourth-order valence-corrected chi connectivity index (χ4v) is 4.61. The highest BCUT2D eigenvalue weighted by molar-refractivity contribution is 5.91. The number of nitrogens with zero attached hydrogens (tertiary/aromatic N) is 3. The molecule has 0 N–H and O–H groups in total. The van der Waals surface area contributed by atoms with E-state index in [1.54, 1.807) is 12.1 Å². The van der Waals surface area contributed by atoms with Crippen molar-refractivity contribution in [1.82, 2.24) is 10.1 Å². The number of anilines is 1. The first-order valence-electron chi connectivity index (χ1n) is 11.5. The summed E-state index contributed by atoms with van der Waals surface area (Å²) < 4.78 is 17.2. The molecule has 1 amide bonds. The monoisotopic (exact) mass is 435 g/mol. The summed E-state index contributed by atoms with van der Waals surface area (Å²) in [6, 6.07) is 13.5. The third-order valence-electron chi connectivity index (χ3n) is 6.27. The van der Waals surface area contributed by atoms with Gasteiger partial charge in [-0.1, -0.05) is 35.5 Å². The summed E-state index contributed by atoms with van der Waals surface area (Å²) in [5, 5.41) is 4.46. The van der Waals surface area contributed by atoms with Gasteiger partial charge in [0.1, 0.15) is 5.69 Å². The minimum absolute atomic E-state index is 0.0346. The molecule has 3 aromatic rings. The molecule has 2 aromatic heterocycles. The number of rotatable bonds is 7. The largest absolute Gasteiger partial charge is 0.459 e. The lowest BCUT2D eigenvalue weighted by atomic mass is 10.0. The predicted molar refractivity (Wildman–Crippen MR) is 120 cm³/mol. The quantitative estimate of drug-likeness (QED) is 0.533. The zero-order chi connectivity index (χ0) is 21.8. The molecule has 4 heterocycles. The second-order valence-electron chi connectivity index (χ2n) is 8.53. The maximum absolute atomic E-state index is 13.4. The van der Waals surface area contributed by atoms with E-state index in [-0.39, 0.29) is 12.0 Å². The van der Waals surface area contributed by atoms with Gasteiger partial charge in [-0.05, 0) is 44.2 Å². The highest BCUT2D eigenvalue weighted by atomic mass is 16.5. The van der Waals surface area contributed by atoms with E-state index in [1.807, 2.05) is 35.2 Å². The number of aromatic nitrogens is 1. The van der Waals surface area contributed by atoms with Crippen molar-refractivity contribution in [2.75, 3.05) is 31.1 Å². The van der Waals surface area contributed by atoms with Crippen LogP contribution in [0.3, 0.4) is 0 Å². The van der Waals surface area contributed by atoms with Gasteiger partial charge in [-0.3, -0.25) is 4.79 Å². The number of furan rings is 1. The molecule has 7 nitrogen and oxygen atoms in total. The lowest BCUT2D eigenvalue weighted by molar-refractivity contribution is 0.0484. The molecule has 2 fully saturated rings. The minimum Gasteiger partial charge on any atom is -0.459 e. The summed E-state index contributed by atoms with van der Waals surface area (Å²) in [5.74, 6) is 0.962. The van der Waals surface area contributed by atoms with Crippen LogP contribution in [0.25, 0.3) is 11.3 Å². The average Bonchev–Trinajstić information content (AvgIpc) is 3.61. The summed E-state index contributed by atoms with van der Waals surface area (Å²) in [4.78, 5) is 17.5. The molecule has 7 heteroatoms. The molecule has 2 aliphatic heterocycles. The van der Waals surface area contributed by atoms with Crippen molar-refractivity contribution >= 4 is 11.8 Å². The third-order valence-corrected chi connectivity index (χ3v) is 6.27. The molecule has 0 bridgehead atoms. The van der Waals surface area contributed by atoms with Gasteiger partial charge in [0.15, 0.2) is 5.76 Å². The molecule has 0 aliphatic carbocycles. The van der Waals surface area contributed by atoms with Crippen LogP contribution in [0.1, 0.15) is 48.2 Å². The van der Waals surface area contributed by atoms with Gasteiger partial charge in [-0.2, -0.15) is 0 Å². The zero-order valence-electron chi connectivity index (χ0n) is 18.2. The summed E-state index contributed by atoms with van der Waals surface area (Å²) in [5.41, 5.74) is 2.71. The Hall–Kier alpha value is -3.06. The number of piperidine rings is 1. The van der Waals surface area contributed by atoms with Crippen molar-refractivity contribution < 1.29 is 18.5 Å². The first-order valence-corrected chi connectivity index (χ1v) is 11.5. The van der Waals surface area contributed by atoms with Crippen molar-refractivity contribution in [3.63, 3.8) is 0 Å². The average molecular weight is 436 g/mol. The maximum atomic E-state index is 13.4. The maximum Gasteiger partial charge on any atom is 0.289 e. The number of hydrogen-bond donors (Lipinski definition) is 0. The fourth-order valence-electron chi connectivity index (χ4n) is 4.61. The summed E-state index contributed by atoms with van der Waals surface area (Å²) in [6.07, 6.45) is 7.04. The number of carbonyl (C=O) groups is 1. The lowest BCUT2D eigenvalue weighted by Gasteiger charge is -2.29. The van der Waals surface area contributed by atoms with Crippen LogP contribution in [0.2, 0.25) is 0 Å². The smallest absolute Gasteiger partial charge is 0.289 e. The Bertz CT molecular complexity index is 1000. The molecule has 32 heavy (non-hydrogen) atoms. The zero-order valence-corrected chi connectivity index (χ0v) is 18.2. The SMILES string of the molecule is O=C(c1ccco1)N(Cc1c(-c2ccccc2)noc1N1CCCCC1)C[C@@H]1CCCO1. The molecule has 0 saturated carbocycles. The molecule has 2 saturated heterocycles. The van der Waals surface area contributed by atoms with E-state index in [2.05, 4.69) is 10.1 Å². The van der Waals surface area contributed by atoms with Gasteiger partial charge in [-0.25, -0.2) is 0 Å². The van der Waals surface area contributed by atoms with Gasteiger partial charge in [0.25, 0.3) is 5.91 Å².